The second-order valence-corrected chi connectivity index (χ2v) is 5.16. The molecule has 0 aliphatic rings. The molecule has 0 amide bonds. The van der Waals surface area contributed by atoms with Gasteiger partial charge in [0.15, 0.2) is 0 Å². The van der Waals surface area contributed by atoms with Crippen LogP contribution in [0.4, 0.5) is 5.69 Å². The van der Waals surface area contributed by atoms with E-state index in [9.17, 15) is 0 Å². The normalized spacial score (nSPS) is 10.6. The van der Waals surface area contributed by atoms with Crippen molar-refractivity contribution in [1.82, 2.24) is 0 Å². The third kappa shape index (κ3) is 3.15. The van der Waals surface area contributed by atoms with Crippen molar-refractivity contribution in [2.24, 2.45) is 5.73 Å². The Morgan fingerprint density at radius 2 is 2.17 bits per heavy atom. The SMILES string of the molecule is CN(Cc1ccco1)c1ccc(Br)cc1CCN. The van der Waals surface area contributed by atoms with Crippen LogP contribution in [0.15, 0.2) is 45.5 Å². The fourth-order valence-electron chi connectivity index (χ4n) is 2.00. The first-order valence-electron chi connectivity index (χ1n) is 5.92. The highest BCUT2D eigenvalue weighted by molar-refractivity contribution is 9.10. The highest BCUT2D eigenvalue weighted by Crippen LogP contribution is 2.25. The fourth-order valence-corrected chi connectivity index (χ4v) is 2.41. The molecule has 2 N–H and O–H groups in total. The molecule has 2 rings (SSSR count). The average Bonchev–Trinajstić information content (AvgIpc) is 2.82. The van der Waals surface area contributed by atoms with Crippen LogP contribution in [0.1, 0.15) is 11.3 Å². The number of nitrogens with two attached hydrogens (primary N) is 1. The Morgan fingerprint density at radius 1 is 1.33 bits per heavy atom. The van der Waals surface area contributed by atoms with Crippen molar-refractivity contribution in [2.45, 2.75) is 13.0 Å². The van der Waals surface area contributed by atoms with Crippen molar-refractivity contribution < 1.29 is 4.42 Å². The predicted octanol–water partition coefficient (Wildman–Crippen LogP) is 3.18. The zero-order valence-electron chi connectivity index (χ0n) is 10.4. The molecule has 0 fully saturated rings. The predicted molar refractivity (Wildman–Crippen MR) is 77.7 cm³/mol. The summed E-state index contributed by atoms with van der Waals surface area (Å²) in [6.45, 7) is 1.41. The lowest BCUT2D eigenvalue weighted by Gasteiger charge is -2.21. The maximum atomic E-state index is 5.66. The molecule has 2 aromatic rings. The molecule has 0 aliphatic heterocycles. The number of rotatable bonds is 5. The second-order valence-electron chi connectivity index (χ2n) is 4.25. The molecule has 3 nitrogen and oxygen atoms in total. The van der Waals surface area contributed by atoms with Gasteiger partial charge < -0.3 is 15.1 Å². The van der Waals surface area contributed by atoms with E-state index >= 15 is 0 Å². The monoisotopic (exact) mass is 308 g/mol. The van der Waals surface area contributed by atoms with Crippen molar-refractivity contribution in [1.29, 1.82) is 0 Å². The van der Waals surface area contributed by atoms with Crippen LogP contribution in [0.3, 0.4) is 0 Å². The topological polar surface area (TPSA) is 42.4 Å². The molecular formula is C14H17BrN2O. The number of benzene rings is 1. The Balaban J connectivity index is 2.20. The van der Waals surface area contributed by atoms with Gasteiger partial charge in [-0.1, -0.05) is 15.9 Å². The number of hydrogen-bond acceptors (Lipinski definition) is 3. The van der Waals surface area contributed by atoms with E-state index in [2.05, 4.69) is 40.0 Å². The minimum absolute atomic E-state index is 0.651. The van der Waals surface area contributed by atoms with Crippen LogP contribution in [-0.4, -0.2) is 13.6 Å². The minimum Gasteiger partial charge on any atom is -0.467 e. The minimum atomic E-state index is 0.651. The molecule has 0 bridgehead atoms. The first kappa shape index (κ1) is 13.2. The number of hydrogen-bond donors (Lipinski definition) is 1. The molecule has 0 saturated carbocycles. The summed E-state index contributed by atoms with van der Waals surface area (Å²) in [6, 6.07) is 10.2. The number of halogens is 1. The van der Waals surface area contributed by atoms with Gasteiger partial charge in [0.25, 0.3) is 0 Å². The van der Waals surface area contributed by atoms with E-state index in [1.54, 1.807) is 6.26 Å². The Kier molecular flexibility index (Phi) is 4.44. The fraction of sp³-hybridized carbons (Fsp3) is 0.286. The number of nitrogens with zero attached hydrogens (tertiary/aromatic N) is 1. The molecule has 4 heteroatoms. The summed E-state index contributed by atoms with van der Waals surface area (Å²) in [6.07, 6.45) is 2.57. The van der Waals surface area contributed by atoms with Crippen LogP contribution < -0.4 is 10.6 Å². The smallest absolute Gasteiger partial charge is 0.123 e. The van der Waals surface area contributed by atoms with E-state index in [-0.39, 0.29) is 0 Å². The van der Waals surface area contributed by atoms with E-state index in [0.29, 0.717) is 6.54 Å². The van der Waals surface area contributed by atoms with Gasteiger partial charge in [0.05, 0.1) is 12.8 Å². The van der Waals surface area contributed by atoms with E-state index in [0.717, 1.165) is 23.2 Å². The molecule has 0 radical (unpaired) electrons. The van der Waals surface area contributed by atoms with E-state index in [1.165, 1.54) is 11.3 Å². The van der Waals surface area contributed by atoms with Gasteiger partial charge in [-0.2, -0.15) is 0 Å². The van der Waals surface area contributed by atoms with Gasteiger partial charge in [0.1, 0.15) is 5.76 Å². The van der Waals surface area contributed by atoms with Gasteiger partial charge in [-0.05, 0) is 48.9 Å². The molecule has 0 atom stereocenters. The molecule has 0 aliphatic carbocycles. The summed E-state index contributed by atoms with van der Waals surface area (Å²) >= 11 is 3.50. The van der Waals surface area contributed by atoms with E-state index < -0.39 is 0 Å². The Bertz CT molecular complexity index is 497. The van der Waals surface area contributed by atoms with Crippen LogP contribution >= 0.6 is 15.9 Å². The van der Waals surface area contributed by atoms with Crippen molar-refractivity contribution in [2.75, 3.05) is 18.5 Å². The molecule has 1 heterocycles. The zero-order chi connectivity index (χ0) is 13.0. The second kappa shape index (κ2) is 6.07. The summed E-state index contributed by atoms with van der Waals surface area (Å²) in [4.78, 5) is 2.18. The maximum Gasteiger partial charge on any atom is 0.123 e. The van der Waals surface area contributed by atoms with Crippen molar-refractivity contribution >= 4 is 21.6 Å². The van der Waals surface area contributed by atoms with Crippen LogP contribution in [0.25, 0.3) is 0 Å². The van der Waals surface area contributed by atoms with Crippen molar-refractivity contribution in [3.8, 4) is 0 Å². The van der Waals surface area contributed by atoms with Crippen molar-refractivity contribution in [3.63, 3.8) is 0 Å². The van der Waals surface area contributed by atoms with Crippen LogP contribution in [-0.2, 0) is 13.0 Å². The largest absolute Gasteiger partial charge is 0.467 e. The lowest BCUT2D eigenvalue weighted by atomic mass is 10.1. The summed E-state index contributed by atoms with van der Waals surface area (Å²) in [5, 5.41) is 0. The summed E-state index contributed by atoms with van der Waals surface area (Å²) in [7, 11) is 2.06. The summed E-state index contributed by atoms with van der Waals surface area (Å²) < 4.78 is 6.46. The van der Waals surface area contributed by atoms with E-state index in [1.807, 2.05) is 18.2 Å². The van der Waals surface area contributed by atoms with Crippen LogP contribution in [0.5, 0.6) is 0 Å². The third-order valence-electron chi connectivity index (χ3n) is 2.84. The molecule has 1 aromatic carbocycles. The Labute approximate surface area is 116 Å². The lowest BCUT2D eigenvalue weighted by Crippen LogP contribution is -2.18. The maximum absolute atomic E-state index is 5.66. The van der Waals surface area contributed by atoms with Gasteiger partial charge in [-0.25, -0.2) is 0 Å². The quantitative estimate of drug-likeness (QED) is 0.922. The molecule has 96 valence electrons. The summed E-state index contributed by atoms with van der Waals surface area (Å²) in [5.74, 6) is 0.958. The molecule has 18 heavy (non-hydrogen) atoms. The zero-order valence-corrected chi connectivity index (χ0v) is 12.0. The van der Waals surface area contributed by atoms with Gasteiger partial charge in [-0.15, -0.1) is 0 Å². The van der Waals surface area contributed by atoms with Crippen molar-refractivity contribution in [3.05, 3.63) is 52.4 Å². The molecule has 0 saturated heterocycles. The Hall–Kier alpha value is -1.26. The average molecular weight is 309 g/mol. The first-order chi connectivity index (χ1) is 8.70. The van der Waals surface area contributed by atoms with Gasteiger partial charge in [0.2, 0.25) is 0 Å². The lowest BCUT2D eigenvalue weighted by molar-refractivity contribution is 0.507. The summed E-state index contributed by atoms with van der Waals surface area (Å²) in [5.41, 5.74) is 8.11. The standard InChI is InChI=1S/C14H17BrN2O/c1-17(10-13-3-2-8-18-13)14-5-4-12(15)9-11(14)6-7-16/h2-5,8-9H,6-7,10,16H2,1H3. The van der Waals surface area contributed by atoms with E-state index in [4.69, 9.17) is 10.2 Å². The molecule has 1 aromatic heterocycles. The number of furan rings is 1. The van der Waals surface area contributed by atoms with Crippen LogP contribution in [0.2, 0.25) is 0 Å². The highest BCUT2D eigenvalue weighted by Gasteiger charge is 2.09. The first-order valence-corrected chi connectivity index (χ1v) is 6.72. The van der Waals surface area contributed by atoms with Gasteiger partial charge in [0, 0.05) is 17.2 Å². The highest BCUT2D eigenvalue weighted by atomic mass is 79.9. The third-order valence-corrected chi connectivity index (χ3v) is 3.33. The number of anilines is 1. The molecule has 0 unspecified atom stereocenters. The Morgan fingerprint density at radius 3 is 2.83 bits per heavy atom. The van der Waals surface area contributed by atoms with Gasteiger partial charge >= 0.3 is 0 Å². The molecular weight excluding hydrogens is 292 g/mol. The molecule has 0 spiro atoms. The van der Waals surface area contributed by atoms with Gasteiger partial charge in [-0.3, -0.25) is 0 Å². The van der Waals surface area contributed by atoms with Crippen LogP contribution in [0, 0.1) is 0 Å².